The van der Waals surface area contributed by atoms with Gasteiger partial charge in [0.15, 0.2) is 0 Å². The molecule has 1 N–H and O–H groups in total. The molecule has 0 spiro atoms. The van der Waals surface area contributed by atoms with Crippen LogP contribution < -0.4 is 0 Å². The van der Waals surface area contributed by atoms with Gasteiger partial charge in [-0.2, -0.15) is 0 Å². The molecule has 2 aromatic heterocycles. The van der Waals surface area contributed by atoms with Gasteiger partial charge in [0.25, 0.3) is 0 Å². The molecule has 5 heteroatoms. The van der Waals surface area contributed by atoms with Gasteiger partial charge in [-0.25, -0.2) is 4.79 Å². The first-order chi connectivity index (χ1) is 7.63. The minimum atomic E-state index is -0.311. The fraction of sp³-hybridized carbons (Fsp3) is 0.364. The maximum atomic E-state index is 11.8. The molecule has 0 aliphatic rings. The van der Waals surface area contributed by atoms with Gasteiger partial charge in [0, 0.05) is 10.8 Å². The van der Waals surface area contributed by atoms with Crippen molar-refractivity contribution in [2.24, 2.45) is 0 Å². The van der Waals surface area contributed by atoms with Crippen LogP contribution in [0.5, 0.6) is 0 Å². The number of thiophene rings is 2. The Hall–Kier alpha value is -0.910. The topological polar surface area (TPSA) is 46.5 Å². The summed E-state index contributed by atoms with van der Waals surface area (Å²) in [5.74, 6) is -0.311. The summed E-state index contributed by atoms with van der Waals surface area (Å²) in [7, 11) is 0. The summed E-state index contributed by atoms with van der Waals surface area (Å²) in [4.78, 5) is 11.8. The third-order valence-electron chi connectivity index (χ3n) is 2.12. The van der Waals surface area contributed by atoms with Gasteiger partial charge in [0.2, 0.25) is 0 Å². The summed E-state index contributed by atoms with van der Waals surface area (Å²) in [5, 5.41) is 13.7. The number of hydrogen-bond acceptors (Lipinski definition) is 5. The molecule has 0 fully saturated rings. The first-order valence-corrected chi connectivity index (χ1v) is 6.68. The second-order valence-electron chi connectivity index (χ2n) is 3.68. The predicted molar refractivity (Wildman–Crippen MR) is 66.2 cm³/mol. The predicted octanol–water partition coefficient (Wildman–Crippen LogP) is 3.02. The Balaban J connectivity index is 2.43. The third-order valence-corrected chi connectivity index (χ3v) is 4.29. The summed E-state index contributed by atoms with van der Waals surface area (Å²) >= 11 is 3.06. The summed E-state index contributed by atoms with van der Waals surface area (Å²) in [6, 6.07) is 0. The largest absolute Gasteiger partial charge is 0.459 e. The number of rotatable bonds is 3. The van der Waals surface area contributed by atoms with Gasteiger partial charge >= 0.3 is 5.97 Å². The Labute approximate surface area is 101 Å². The fourth-order valence-corrected chi connectivity index (χ4v) is 3.57. The van der Waals surface area contributed by atoms with E-state index < -0.39 is 0 Å². The Morgan fingerprint density at radius 1 is 1.44 bits per heavy atom. The summed E-state index contributed by atoms with van der Waals surface area (Å²) in [6.07, 6.45) is -0.126. The smallest absolute Gasteiger partial charge is 0.339 e. The van der Waals surface area contributed by atoms with Crippen LogP contribution in [0, 0.1) is 0 Å². The zero-order valence-electron chi connectivity index (χ0n) is 9.02. The number of fused-ring (bicyclic) bond motifs is 1. The average Bonchev–Trinajstić information content (AvgIpc) is 2.75. The Kier molecular flexibility index (Phi) is 3.28. The molecule has 2 aromatic rings. The fourth-order valence-electron chi connectivity index (χ4n) is 1.46. The SMILES string of the molecule is CC(C)OC(=O)c1csc2scc(CO)c12. The molecule has 0 atom stereocenters. The molecule has 2 heterocycles. The van der Waals surface area contributed by atoms with Crippen LogP contribution in [0.15, 0.2) is 10.8 Å². The highest BCUT2D eigenvalue weighted by molar-refractivity contribution is 7.37. The number of carbonyl (C=O) groups excluding carboxylic acids is 1. The maximum Gasteiger partial charge on any atom is 0.339 e. The van der Waals surface area contributed by atoms with E-state index in [-0.39, 0.29) is 18.7 Å². The quantitative estimate of drug-likeness (QED) is 0.859. The van der Waals surface area contributed by atoms with Crippen molar-refractivity contribution in [1.82, 2.24) is 0 Å². The third kappa shape index (κ3) is 1.98. The molecule has 0 radical (unpaired) electrons. The van der Waals surface area contributed by atoms with Gasteiger partial charge in [0.05, 0.1) is 22.3 Å². The number of esters is 1. The van der Waals surface area contributed by atoms with Crippen LogP contribution in [0.1, 0.15) is 29.8 Å². The van der Waals surface area contributed by atoms with Crippen molar-refractivity contribution in [2.45, 2.75) is 26.6 Å². The molecular weight excluding hydrogens is 244 g/mol. The molecule has 0 aromatic carbocycles. The summed E-state index contributed by atoms with van der Waals surface area (Å²) in [6.45, 7) is 3.60. The first kappa shape index (κ1) is 11.6. The van der Waals surface area contributed by atoms with Crippen molar-refractivity contribution < 1.29 is 14.6 Å². The second kappa shape index (κ2) is 4.53. The van der Waals surface area contributed by atoms with Gasteiger partial charge in [-0.15, -0.1) is 22.7 Å². The Morgan fingerprint density at radius 3 is 2.75 bits per heavy atom. The van der Waals surface area contributed by atoms with Crippen LogP contribution in [0.2, 0.25) is 0 Å². The number of carbonyl (C=O) groups is 1. The normalized spacial score (nSPS) is 11.2. The van der Waals surface area contributed by atoms with E-state index in [1.165, 1.54) is 11.3 Å². The van der Waals surface area contributed by atoms with Crippen LogP contribution >= 0.6 is 22.7 Å². The van der Waals surface area contributed by atoms with Crippen molar-refractivity contribution in [3.05, 3.63) is 21.9 Å². The number of aliphatic hydroxyl groups excluding tert-OH is 1. The summed E-state index contributed by atoms with van der Waals surface area (Å²) in [5.41, 5.74) is 1.37. The lowest BCUT2D eigenvalue weighted by molar-refractivity contribution is 0.0381. The molecule has 0 amide bonds. The standard InChI is InChI=1S/C11H12O3S2/c1-6(2)14-10(13)8-5-16-11-9(8)7(3-12)4-15-11/h4-6,12H,3H2,1-2H3. The van der Waals surface area contributed by atoms with E-state index in [4.69, 9.17) is 4.74 Å². The van der Waals surface area contributed by atoms with Gasteiger partial charge in [-0.1, -0.05) is 0 Å². The molecule has 0 unspecified atom stereocenters. The zero-order chi connectivity index (χ0) is 11.7. The van der Waals surface area contributed by atoms with E-state index in [2.05, 4.69) is 0 Å². The van der Waals surface area contributed by atoms with Crippen LogP contribution in [0.3, 0.4) is 0 Å². The molecule has 0 aliphatic heterocycles. The minimum Gasteiger partial charge on any atom is -0.459 e. The molecule has 0 aliphatic carbocycles. The van der Waals surface area contributed by atoms with E-state index in [0.29, 0.717) is 5.56 Å². The van der Waals surface area contributed by atoms with Crippen LogP contribution in [0.25, 0.3) is 9.40 Å². The number of hydrogen-bond donors (Lipinski definition) is 1. The first-order valence-electron chi connectivity index (χ1n) is 4.93. The highest BCUT2D eigenvalue weighted by atomic mass is 32.2. The highest BCUT2D eigenvalue weighted by Crippen LogP contribution is 2.35. The van der Waals surface area contributed by atoms with E-state index in [0.717, 1.165) is 15.0 Å². The van der Waals surface area contributed by atoms with E-state index in [1.807, 2.05) is 19.2 Å². The van der Waals surface area contributed by atoms with Crippen molar-refractivity contribution >= 4 is 38.0 Å². The van der Waals surface area contributed by atoms with Crippen molar-refractivity contribution in [3.8, 4) is 0 Å². The second-order valence-corrected chi connectivity index (χ2v) is 5.70. The maximum absolute atomic E-state index is 11.8. The molecule has 0 saturated heterocycles. The van der Waals surface area contributed by atoms with E-state index in [9.17, 15) is 9.90 Å². The Morgan fingerprint density at radius 2 is 2.12 bits per heavy atom. The van der Waals surface area contributed by atoms with E-state index >= 15 is 0 Å². The summed E-state index contributed by atoms with van der Waals surface area (Å²) < 4.78 is 6.22. The van der Waals surface area contributed by atoms with Crippen LogP contribution in [0.4, 0.5) is 0 Å². The number of ether oxygens (including phenoxy) is 1. The zero-order valence-corrected chi connectivity index (χ0v) is 10.7. The van der Waals surface area contributed by atoms with E-state index in [1.54, 1.807) is 16.7 Å². The van der Waals surface area contributed by atoms with Gasteiger partial charge < -0.3 is 9.84 Å². The minimum absolute atomic E-state index is 0.0430. The van der Waals surface area contributed by atoms with Gasteiger partial charge in [0.1, 0.15) is 0 Å². The van der Waals surface area contributed by atoms with Gasteiger partial charge in [-0.3, -0.25) is 0 Å². The monoisotopic (exact) mass is 256 g/mol. The molecule has 0 saturated carbocycles. The highest BCUT2D eigenvalue weighted by Gasteiger charge is 2.18. The molecular formula is C11H12O3S2. The molecule has 0 bridgehead atoms. The molecule has 86 valence electrons. The lowest BCUT2D eigenvalue weighted by Crippen LogP contribution is -2.11. The number of aliphatic hydroxyl groups is 1. The van der Waals surface area contributed by atoms with Crippen molar-refractivity contribution in [1.29, 1.82) is 0 Å². The van der Waals surface area contributed by atoms with Crippen LogP contribution in [-0.2, 0) is 11.3 Å². The average molecular weight is 256 g/mol. The molecule has 2 rings (SSSR count). The molecule has 3 nitrogen and oxygen atoms in total. The van der Waals surface area contributed by atoms with Crippen molar-refractivity contribution in [2.75, 3.05) is 0 Å². The molecule has 16 heavy (non-hydrogen) atoms. The Bertz CT molecular complexity index is 510. The van der Waals surface area contributed by atoms with Crippen LogP contribution in [-0.4, -0.2) is 17.2 Å². The lowest BCUT2D eigenvalue weighted by Gasteiger charge is -2.06. The van der Waals surface area contributed by atoms with Gasteiger partial charge in [-0.05, 0) is 24.8 Å². The van der Waals surface area contributed by atoms with Crippen molar-refractivity contribution in [3.63, 3.8) is 0 Å². The lowest BCUT2D eigenvalue weighted by atomic mass is 10.2.